The summed E-state index contributed by atoms with van der Waals surface area (Å²) < 4.78 is 37.6. The number of ether oxygens (including phenoxy) is 2. The Labute approximate surface area is 203 Å². The number of amides is 2. The summed E-state index contributed by atoms with van der Waals surface area (Å²) in [7, 11) is -3.59. The predicted molar refractivity (Wildman–Crippen MR) is 129 cm³/mol. The Morgan fingerprint density at radius 3 is 2.11 bits per heavy atom. The van der Waals surface area contributed by atoms with E-state index in [-0.39, 0.29) is 11.4 Å². The van der Waals surface area contributed by atoms with Gasteiger partial charge in [-0.05, 0) is 54.1 Å². The molecule has 1 saturated heterocycles. The topological polar surface area (TPSA) is 114 Å². The molecule has 10 heteroatoms. The van der Waals surface area contributed by atoms with Gasteiger partial charge in [0.25, 0.3) is 0 Å². The number of nitrogens with one attached hydrogen (secondary N) is 2. The Morgan fingerprint density at radius 2 is 1.46 bits per heavy atom. The molecule has 0 saturated carbocycles. The summed E-state index contributed by atoms with van der Waals surface area (Å²) in [6.07, 6.45) is 0. The molecule has 0 radical (unpaired) electrons. The van der Waals surface area contributed by atoms with E-state index < -0.39 is 21.8 Å². The standard InChI is InChI=1S/C25H25N3O6S/c29-24(25(30)27-20-8-10-22(11-9-20)34-21-4-2-1-3-5-21)26-18-19-6-12-23(13-7-19)35(31,32)28-14-16-33-17-15-28/h1-13H,14-18H2,(H,26,29)(H,27,30). The highest BCUT2D eigenvalue weighted by Gasteiger charge is 2.26. The molecule has 1 fully saturated rings. The number of carbonyl (C=O) groups is 2. The first-order valence-electron chi connectivity index (χ1n) is 11.0. The van der Waals surface area contributed by atoms with Gasteiger partial charge >= 0.3 is 11.8 Å². The molecule has 4 rings (SSSR count). The Morgan fingerprint density at radius 1 is 0.829 bits per heavy atom. The van der Waals surface area contributed by atoms with E-state index >= 15 is 0 Å². The zero-order valence-electron chi connectivity index (χ0n) is 18.8. The van der Waals surface area contributed by atoms with Crippen LogP contribution in [0.5, 0.6) is 11.5 Å². The van der Waals surface area contributed by atoms with Crippen LogP contribution in [0.1, 0.15) is 5.56 Å². The number of morpholine rings is 1. The first kappa shape index (κ1) is 24.4. The largest absolute Gasteiger partial charge is 0.457 e. The molecule has 1 aliphatic heterocycles. The highest BCUT2D eigenvalue weighted by atomic mass is 32.2. The zero-order chi connectivity index (χ0) is 24.7. The van der Waals surface area contributed by atoms with E-state index in [1.807, 2.05) is 30.3 Å². The van der Waals surface area contributed by atoms with Crippen LogP contribution in [0.2, 0.25) is 0 Å². The minimum absolute atomic E-state index is 0.0774. The van der Waals surface area contributed by atoms with Gasteiger partial charge in [-0.2, -0.15) is 4.31 Å². The SMILES string of the molecule is O=C(NCc1ccc(S(=O)(=O)N2CCOCC2)cc1)C(=O)Nc1ccc(Oc2ccccc2)cc1. The quantitative estimate of drug-likeness (QED) is 0.487. The number of hydrogen-bond donors (Lipinski definition) is 2. The second-order valence-corrected chi connectivity index (χ2v) is 9.67. The summed E-state index contributed by atoms with van der Waals surface area (Å²) in [6, 6.07) is 22.1. The number of sulfonamides is 1. The van der Waals surface area contributed by atoms with E-state index in [4.69, 9.17) is 9.47 Å². The number of anilines is 1. The number of hydrogen-bond acceptors (Lipinski definition) is 6. The summed E-state index contributed by atoms with van der Waals surface area (Å²) in [5, 5.41) is 5.07. The molecular weight excluding hydrogens is 470 g/mol. The van der Waals surface area contributed by atoms with Gasteiger partial charge in [0.05, 0.1) is 18.1 Å². The van der Waals surface area contributed by atoms with Crippen LogP contribution in [0.3, 0.4) is 0 Å². The lowest BCUT2D eigenvalue weighted by Gasteiger charge is -2.26. The fourth-order valence-corrected chi connectivity index (χ4v) is 4.80. The van der Waals surface area contributed by atoms with Crippen molar-refractivity contribution in [1.82, 2.24) is 9.62 Å². The third-order valence-corrected chi connectivity index (χ3v) is 7.19. The van der Waals surface area contributed by atoms with Crippen molar-refractivity contribution in [3.63, 3.8) is 0 Å². The van der Waals surface area contributed by atoms with Crippen LogP contribution in [0, 0.1) is 0 Å². The van der Waals surface area contributed by atoms with Crippen molar-refractivity contribution in [1.29, 1.82) is 0 Å². The third kappa shape index (κ3) is 6.44. The van der Waals surface area contributed by atoms with Crippen molar-refractivity contribution in [3.05, 3.63) is 84.4 Å². The van der Waals surface area contributed by atoms with Gasteiger partial charge in [0.1, 0.15) is 11.5 Å². The fourth-order valence-electron chi connectivity index (χ4n) is 3.40. The van der Waals surface area contributed by atoms with Gasteiger partial charge in [-0.15, -0.1) is 0 Å². The fraction of sp³-hybridized carbons (Fsp3) is 0.200. The lowest BCUT2D eigenvalue weighted by molar-refractivity contribution is -0.136. The van der Waals surface area contributed by atoms with Crippen molar-refractivity contribution >= 4 is 27.5 Å². The summed E-state index contributed by atoms with van der Waals surface area (Å²) in [4.78, 5) is 24.6. The molecule has 0 atom stereocenters. The minimum atomic E-state index is -3.59. The third-order valence-electron chi connectivity index (χ3n) is 5.28. The molecular formula is C25H25N3O6S. The van der Waals surface area contributed by atoms with Gasteiger partial charge in [-0.1, -0.05) is 30.3 Å². The van der Waals surface area contributed by atoms with E-state index in [0.717, 1.165) is 0 Å². The van der Waals surface area contributed by atoms with E-state index in [9.17, 15) is 18.0 Å². The average Bonchev–Trinajstić information content (AvgIpc) is 2.89. The van der Waals surface area contributed by atoms with Gasteiger partial charge < -0.3 is 20.1 Å². The molecule has 2 N–H and O–H groups in total. The van der Waals surface area contributed by atoms with Gasteiger partial charge in [-0.25, -0.2) is 8.42 Å². The Hall–Kier alpha value is -3.73. The van der Waals surface area contributed by atoms with Crippen molar-refractivity contribution in [2.45, 2.75) is 11.4 Å². The van der Waals surface area contributed by atoms with Gasteiger partial charge in [0.2, 0.25) is 10.0 Å². The molecule has 2 amide bonds. The Balaban J connectivity index is 1.27. The van der Waals surface area contributed by atoms with E-state index in [1.54, 1.807) is 36.4 Å². The lowest BCUT2D eigenvalue weighted by Crippen LogP contribution is -2.40. The van der Waals surface area contributed by atoms with E-state index in [1.165, 1.54) is 16.4 Å². The Bertz CT molecular complexity index is 1260. The zero-order valence-corrected chi connectivity index (χ0v) is 19.7. The second kappa shape index (κ2) is 11.1. The maximum absolute atomic E-state index is 12.7. The molecule has 9 nitrogen and oxygen atoms in total. The molecule has 0 unspecified atom stereocenters. The molecule has 1 heterocycles. The monoisotopic (exact) mass is 495 g/mol. The summed E-state index contributed by atoms with van der Waals surface area (Å²) >= 11 is 0. The van der Waals surface area contributed by atoms with Crippen LogP contribution in [0.15, 0.2) is 83.8 Å². The Kier molecular flexibility index (Phi) is 7.76. The number of nitrogens with zero attached hydrogens (tertiary/aromatic N) is 1. The minimum Gasteiger partial charge on any atom is -0.457 e. The van der Waals surface area contributed by atoms with Crippen molar-refractivity contribution in [2.24, 2.45) is 0 Å². The molecule has 0 bridgehead atoms. The van der Waals surface area contributed by atoms with Crippen LogP contribution >= 0.6 is 0 Å². The number of carbonyl (C=O) groups excluding carboxylic acids is 2. The highest BCUT2D eigenvalue weighted by Crippen LogP contribution is 2.22. The van der Waals surface area contributed by atoms with Gasteiger partial charge in [0, 0.05) is 25.3 Å². The molecule has 35 heavy (non-hydrogen) atoms. The molecule has 1 aliphatic rings. The van der Waals surface area contributed by atoms with Gasteiger partial charge in [-0.3, -0.25) is 9.59 Å². The van der Waals surface area contributed by atoms with Crippen LogP contribution < -0.4 is 15.4 Å². The average molecular weight is 496 g/mol. The van der Waals surface area contributed by atoms with Crippen molar-refractivity contribution in [2.75, 3.05) is 31.6 Å². The first-order chi connectivity index (χ1) is 16.9. The number of rotatable bonds is 7. The summed E-state index contributed by atoms with van der Waals surface area (Å²) in [5.41, 5.74) is 1.11. The number of benzene rings is 3. The smallest absolute Gasteiger partial charge is 0.313 e. The molecule has 0 aromatic heterocycles. The summed E-state index contributed by atoms with van der Waals surface area (Å²) in [6.45, 7) is 1.46. The maximum atomic E-state index is 12.7. The molecule has 182 valence electrons. The van der Waals surface area contributed by atoms with Crippen LogP contribution in [0.25, 0.3) is 0 Å². The van der Waals surface area contributed by atoms with Gasteiger partial charge in [0.15, 0.2) is 0 Å². The highest BCUT2D eigenvalue weighted by molar-refractivity contribution is 7.89. The van der Waals surface area contributed by atoms with Crippen molar-refractivity contribution in [3.8, 4) is 11.5 Å². The number of para-hydroxylation sites is 1. The molecule has 3 aromatic rings. The van der Waals surface area contributed by atoms with Crippen molar-refractivity contribution < 1.29 is 27.5 Å². The van der Waals surface area contributed by atoms with E-state index in [0.29, 0.717) is 49.1 Å². The normalized spacial score (nSPS) is 14.2. The molecule has 0 spiro atoms. The molecule has 0 aliphatic carbocycles. The van der Waals surface area contributed by atoms with Crippen LogP contribution in [-0.4, -0.2) is 50.8 Å². The van der Waals surface area contributed by atoms with Crippen LogP contribution in [-0.2, 0) is 30.9 Å². The van der Waals surface area contributed by atoms with Crippen LogP contribution in [0.4, 0.5) is 5.69 Å². The maximum Gasteiger partial charge on any atom is 0.313 e. The summed E-state index contributed by atoms with van der Waals surface area (Å²) in [5.74, 6) is -0.332. The first-order valence-corrected chi connectivity index (χ1v) is 12.4. The molecule has 3 aromatic carbocycles. The predicted octanol–water partition coefficient (Wildman–Crippen LogP) is 2.75. The lowest BCUT2D eigenvalue weighted by atomic mass is 10.2. The van der Waals surface area contributed by atoms with E-state index in [2.05, 4.69) is 10.6 Å². The second-order valence-electron chi connectivity index (χ2n) is 7.74.